The molecule has 0 bridgehead atoms. The van der Waals surface area contributed by atoms with Crippen molar-refractivity contribution in [1.82, 2.24) is 29.4 Å². The number of hydrogen-bond acceptors (Lipinski definition) is 8. The molecule has 14 nitrogen and oxygen atoms in total. The minimum atomic E-state index is -3.75. The number of anilines is 2. The zero-order chi connectivity index (χ0) is 29.7. The average Bonchev–Trinajstić information content (AvgIpc) is 3.51. The molecule has 41 heavy (non-hydrogen) atoms. The van der Waals surface area contributed by atoms with Crippen molar-refractivity contribution < 1.29 is 27.9 Å². The summed E-state index contributed by atoms with van der Waals surface area (Å²) in [5, 5.41) is 19.2. The largest absolute Gasteiger partial charge is 0.480 e. The van der Waals surface area contributed by atoms with Crippen molar-refractivity contribution in [2.45, 2.75) is 45.3 Å². The SMILES string of the molecule is Cc1ccccc1NC(=O)Nc1ccc(CC(=O)N2CCC(C)C2c2ncn(CC(NS(C)(=O)=O)C(=O)O)n2)nc1. The lowest BCUT2D eigenvalue weighted by atomic mass is 10.0. The smallest absolute Gasteiger partial charge is 0.323 e. The summed E-state index contributed by atoms with van der Waals surface area (Å²) in [6.45, 7) is 4.10. The number of aliphatic carboxylic acids is 1. The van der Waals surface area contributed by atoms with Crippen molar-refractivity contribution in [3.05, 3.63) is 66.0 Å². The van der Waals surface area contributed by atoms with Gasteiger partial charge in [0.1, 0.15) is 12.4 Å². The van der Waals surface area contributed by atoms with Crippen LogP contribution >= 0.6 is 0 Å². The van der Waals surface area contributed by atoms with Crippen molar-refractivity contribution in [1.29, 1.82) is 0 Å². The lowest BCUT2D eigenvalue weighted by Gasteiger charge is -2.24. The summed E-state index contributed by atoms with van der Waals surface area (Å²) in [6.07, 6.45) is 4.44. The second-order valence-corrected chi connectivity index (χ2v) is 11.8. The number of hydrogen-bond donors (Lipinski definition) is 4. The molecule has 1 aliphatic rings. The third-order valence-electron chi connectivity index (χ3n) is 6.67. The molecule has 0 spiro atoms. The maximum Gasteiger partial charge on any atom is 0.323 e. The van der Waals surface area contributed by atoms with E-state index in [2.05, 4.69) is 30.4 Å². The molecule has 0 radical (unpaired) electrons. The van der Waals surface area contributed by atoms with Gasteiger partial charge in [-0.15, -0.1) is 0 Å². The van der Waals surface area contributed by atoms with Crippen LogP contribution in [0, 0.1) is 12.8 Å². The van der Waals surface area contributed by atoms with Gasteiger partial charge in [-0.05, 0) is 43.0 Å². The van der Waals surface area contributed by atoms with E-state index in [4.69, 9.17) is 0 Å². The standard InChI is InChI=1S/C26H32N8O6S/c1-16-6-4-5-7-20(16)30-26(38)29-19-9-8-18(27-13-19)12-22(35)34-11-10-17(2)23(34)24-28-15-33(31-24)14-21(25(36)37)32-41(3,39)40/h4-9,13,15,17,21,23,32H,10-12,14H2,1-3H3,(H,36,37)(H2,29,30,38). The molecule has 0 saturated carbocycles. The average molecular weight is 585 g/mol. The quantitative estimate of drug-likeness (QED) is 0.275. The molecular formula is C26H32N8O6S. The van der Waals surface area contributed by atoms with Crippen LogP contribution in [0.3, 0.4) is 0 Å². The van der Waals surface area contributed by atoms with Gasteiger partial charge < -0.3 is 20.6 Å². The highest BCUT2D eigenvalue weighted by Crippen LogP contribution is 2.35. The molecular weight excluding hydrogens is 552 g/mol. The van der Waals surface area contributed by atoms with Gasteiger partial charge in [0, 0.05) is 17.9 Å². The van der Waals surface area contributed by atoms with Crippen LogP contribution in [0.25, 0.3) is 0 Å². The number of carbonyl (C=O) groups is 3. The summed E-state index contributed by atoms with van der Waals surface area (Å²) in [5.74, 6) is -1.13. The van der Waals surface area contributed by atoms with Gasteiger partial charge in [0.15, 0.2) is 5.82 Å². The van der Waals surface area contributed by atoms with Crippen molar-refractivity contribution in [2.75, 3.05) is 23.4 Å². The van der Waals surface area contributed by atoms with Crippen LogP contribution in [0.1, 0.15) is 36.5 Å². The van der Waals surface area contributed by atoms with Gasteiger partial charge in [0.05, 0.1) is 37.1 Å². The molecule has 4 N–H and O–H groups in total. The van der Waals surface area contributed by atoms with Crippen LogP contribution in [-0.4, -0.2) is 74.9 Å². The number of aromatic nitrogens is 4. The second-order valence-electron chi connectivity index (χ2n) is 10.0. The predicted molar refractivity (Wildman–Crippen MR) is 149 cm³/mol. The Morgan fingerprint density at radius 1 is 1.12 bits per heavy atom. The lowest BCUT2D eigenvalue weighted by Crippen LogP contribution is -2.43. The van der Waals surface area contributed by atoms with Crippen LogP contribution in [0.4, 0.5) is 16.2 Å². The van der Waals surface area contributed by atoms with E-state index in [1.165, 1.54) is 17.2 Å². The lowest BCUT2D eigenvalue weighted by molar-refractivity contribution is -0.139. The summed E-state index contributed by atoms with van der Waals surface area (Å²) in [6, 6.07) is 8.49. The normalized spacial score (nSPS) is 17.7. The van der Waals surface area contributed by atoms with Crippen molar-refractivity contribution in [3.63, 3.8) is 0 Å². The fourth-order valence-corrected chi connectivity index (χ4v) is 5.31. The number of likely N-dealkylation sites (tertiary alicyclic amines) is 1. The number of aryl methyl sites for hydroxylation is 1. The van der Waals surface area contributed by atoms with Crippen LogP contribution in [-0.2, 0) is 32.6 Å². The highest BCUT2D eigenvalue weighted by molar-refractivity contribution is 7.88. The van der Waals surface area contributed by atoms with E-state index >= 15 is 0 Å². The molecule has 3 unspecified atom stereocenters. The molecule has 3 heterocycles. The third-order valence-corrected chi connectivity index (χ3v) is 7.38. The second kappa shape index (κ2) is 12.4. The Kier molecular flexibility index (Phi) is 8.98. The first-order chi connectivity index (χ1) is 19.4. The van der Waals surface area contributed by atoms with Gasteiger partial charge >= 0.3 is 12.0 Å². The number of amides is 3. The Labute approximate surface area is 237 Å². The number of sulfonamides is 1. The number of carbonyl (C=O) groups excluding carboxylic acids is 2. The maximum absolute atomic E-state index is 13.3. The first-order valence-corrected chi connectivity index (χ1v) is 14.8. The van der Waals surface area contributed by atoms with E-state index in [9.17, 15) is 27.9 Å². The van der Waals surface area contributed by atoms with Gasteiger partial charge in [-0.25, -0.2) is 18.2 Å². The summed E-state index contributed by atoms with van der Waals surface area (Å²) in [4.78, 5) is 47.4. The molecule has 4 rings (SSSR count). The Hall–Kier alpha value is -4.37. The van der Waals surface area contributed by atoms with Gasteiger partial charge in [0.25, 0.3) is 0 Å². The molecule has 218 valence electrons. The number of rotatable bonds is 10. The van der Waals surface area contributed by atoms with E-state index in [0.717, 1.165) is 18.2 Å². The van der Waals surface area contributed by atoms with E-state index in [1.807, 2.05) is 32.0 Å². The van der Waals surface area contributed by atoms with Crippen molar-refractivity contribution >= 4 is 39.3 Å². The minimum Gasteiger partial charge on any atom is -0.480 e. The Balaban J connectivity index is 1.37. The number of para-hydroxylation sites is 1. The summed E-state index contributed by atoms with van der Waals surface area (Å²) in [5.41, 5.74) is 2.62. The molecule has 0 aliphatic carbocycles. The van der Waals surface area contributed by atoms with Gasteiger partial charge in [0.2, 0.25) is 15.9 Å². The van der Waals surface area contributed by atoms with Gasteiger partial charge in [-0.1, -0.05) is 25.1 Å². The first kappa shape index (κ1) is 29.6. The third kappa shape index (κ3) is 7.85. The van der Waals surface area contributed by atoms with Crippen LogP contribution in [0.5, 0.6) is 0 Å². The molecule has 1 aromatic carbocycles. The highest BCUT2D eigenvalue weighted by Gasteiger charge is 2.38. The molecule has 3 atom stereocenters. The molecule has 15 heteroatoms. The van der Waals surface area contributed by atoms with Crippen LogP contribution in [0.15, 0.2) is 48.9 Å². The molecule has 1 aliphatic heterocycles. The number of urea groups is 1. The number of benzene rings is 1. The Bertz CT molecular complexity index is 1520. The van der Waals surface area contributed by atoms with Crippen molar-refractivity contribution in [2.24, 2.45) is 5.92 Å². The molecule has 3 aromatic rings. The zero-order valence-electron chi connectivity index (χ0n) is 22.8. The number of pyridine rings is 1. The Morgan fingerprint density at radius 2 is 1.88 bits per heavy atom. The maximum atomic E-state index is 13.3. The van der Waals surface area contributed by atoms with E-state index in [1.54, 1.807) is 23.1 Å². The van der Waals surface area contributed by atoms with Crippen molar-refractivity contribution in [3.8, 4) is 0 Å². The molecule has 2 aromatic heterocycles. The molecule has 3 amide bonds. The van der Waals surface area contributed by atoms with E-state index in [0.29, 0.717) is 29.4 Å². The van der Waals surface area contributed by atoms with Crippen LogP contribution in [0.2, 0.25) is 0 Å². The number of nitrogens with zero attached hydrogens (tertiary/aromatic N) is 5. The molecule has 1 fully saturated rings. The predicted octanol–water partition coefficient (Wildman–Crippen LogP) is 1.78. The fraction of sp³-hybridized carbons (Fsp3) is 0.385. The van der Waals surface area contributed by atoms with Crippen LogP contribution < -0.4 is 15.4 Å². The molecule has 1 saturated heterocycles. The summed E-state index contributed by atoms with van der Waals surface area (Å²) in [7, 11) is -3.75. The topological polar surface area (TPSA) is 189 Å². The monoisotopic (exact) mass is 584 g/mol. The summed E-state index contributed by atoms with van der Waals surface area (Å²) < 4.78 is 26.3. The minimum absolute atomic E-state index is 0.0268. The first-order valence-electron chi connectivity index (χ1n) is 12.9. The van der Waals surface area contributed by atoms with Gasteiger partial charge in [-0.2, -0.15) is 9.82 Å². The highest BCUT2D eigenvalue weighted by atomic mass is 32.2. The summed E-state index contributed by atoms with van der Waals surface area (Å²) >= 11 is 0. The zero-order valence-corrected chi connectivity index (χ0v) is 23.6. The number of carboxylic acids is 1. The number of nitrogens with one attached hydrogen (secondary N) is 3. The van der Waals surface area contributed by atoms with E-state index in [-0.39, 0.29) is 24.8 Å². The Morgan fingerprint density at radius 3 is 2.54 bits per heavy atom. The number of carboxylic acid groups (broad SMARTS) is 1. The fourth-order valence-electron chi connectivity index (χ4n) is 4.62. The van der Waals surface area contributed by atoms with E-state index < -0.39 is 34.1 Å². The van der Waals surface area contributed by atoms with Gasteiger partial charge in [-0.3, -0.25) is 19.3 Å².